The van der Waals surface area contributed by atoms with Crippen molar-refractivity contribution in [1.82, 2.24) is 9.97 Å². The molecule has 1 aromatic rings. The van der Waals surface area contributed by atoms with Gasteiger partial charge < -0.3 is 10.1 Å². The number of anilines is 1. The lowest BCUT2D eigenvalue weighted by atomic mass is 10.3. The maximum absolute atomic E-state index is 5.25. The van der Waals surface area contributed by atoms with Crippen LogP contribution in [0.3, 0.4) is 0 Å². The van der Waals surface area contributed by atoms with E-state index in [0.717, 1.165) is 5.56 Å². The summed E-state index contributed by atoms with van der Waals surface area (Å²) in [4.78, 5) is 8.04. The molecule has 1 rings (SSSR count). The van der Waals surface area contributed by atoms with Crippen LogP contribution in [0.1, 0.15) is 12.5 Å². The van der Waals surface area contributed by atoms with Gasteiger partial charge in [0.15, 0.2) is 0 Å². The van der Waals surface area contributed by atoms with Crippen LogP contribution in [0.5, 0.6) is 5.88 Å². The summed E-state index contributed by atoms with van der Waals surface area (Å²) in [5.41, 5.74) is 0.858. The molecule has 1 atom stereocenters. The van der Waals surface area contributed by atoms with Crippen molar-refractivity contribution in [2.24, 2.45) is 0 Å². The highest BCUT2D eigenvalue weighted by atomic mass is 16.5. The van der Waals surface area contributed by atoms with Crippen LogP contribution in [0.25, 0.3) is 0 Å². The number of hydrogen-bond donors (Lipinski definition) is 1. The highest BCUT2D eigenvalue weighted by molar-refractivity contribution is 5.49. The summed E-state index contributed by atoms with van der Waals surface area (Å²) in [7, 11) is 1.57. The molecule has 0 aliphatic heterocycles. The van der Waals surface area contributed by atoms with Crippen LogP contribution in [-0.2, 0) is 0 Å². The number of methoxy groups -OCH3 is 1. The van der Waals surface area contributed by atoms with Crippen molar-refractivity contribution in [2.75, 3.05) is 12.4 Å². The Morgan fingerprint density at radius 1 is 1.57 bits per heavy atom. The Kier molecular flexibility index (Phi) is 3.29. The van der Waals surface area contributed by atoms with E-state index in [2.05, 4.69) is 21.2 Å². The molecule has 0 bridgehead atoms. The fourth-order valence-corrected chi connectivity index (χ4v) is 1.03. The lowest BCUT2D eigenvalue weighted by molar-refractivity contribution is 0.393. The van der Waals surface area contributed by atoms with Crippen molar-refractivity contribution < 1.29 is 4.74 Å². The maximum atomic E-state index is 5.25. The van der Waals surface area contributed by atoms with Gasteiger partial charge in [-0.1, -0.05) is 5.92 Å². The normalized spacial score (nSPS) is 11.6. The Morgan fingerprint density at radius 2 is 2.29 bits per heavy atom. The van der Waals surface area contributed by atoms with E-state index >= 15 is 0 Å². The van der Waals surface area contributed by atoms with E-state index in [-0.39, 0.29) is 6.04 Å². The molecule has 4 nitrogen and oxygen atoms in total. The molecule has 0 spiro atoms. The number of hydrogen-bond acceptors (Lipinski definition) is 4. The second kappa shape index (κ2) is 4.47. The minimum atomic E-state index is -0.0618. The van der Waals surface area contributed by atoms with E-state index in [9.17, 15) is 0 Å². The van der Waals surface area contributed by atoms with Gasteiger partial charge >= 0.3 is 0 Å². The van der Waals surface area contributed by atoms with Crippen molar-refractivity contribution in [3.05, 3.63) is 11.9 Å². The second-order valence-electron chi connectivity index (χ2n) is 2.89. The van der Waals surface area contributed by atoms with Gasteiger partial charge in [0.05, 0.1) is 18.7 Å². The second-order valence-corrected chi connectivity index (χ2v) is 2.89. The molecule has 14 heavy (non-hydrogen) atoms. The molecule has 1 unspecified atom stereocenters. The third-order valence-corrected chi connectivity index (χ3v) is 1.83. The number of ether oxygens (including phenoxy) is 1. The molecule has 0 amide bonds. The highest BCUT2D eigenvalue weighted by Crippen LogP contribution is 2.19. The number of aromatic nitrogens is 2. The maximum Gasteiger partial charge on any atom is 0.221 e. The Balaban J connectivity index is 2.93. The first-order chi connectivity index (χ1) is 6.69. The molecule has 0 aliphatic carbocycles. The zero-order valence-electron chi connectivity index (χ0n) is 8.53. The van der Waals surface area contributed by atoms with Crippen LogP contribution < -0.4 is 10.1 Å². The monoisotopic (exact) mass is 191 g/mol. The smallest absolute Gasteiger partial charge is 0.221 e. The van der Waals surface area contributed by atoms with Gasteiger partial charge in [-0.3, -0.25) is 0 Å². The van der Waals surface area contributed by atoms with Gasteiger partial charge in [0.2, 0.25) is 5.88 Å². The Morgan fingerprint density at radius 3 is 2.86 bits per heavy atom. The van der Waals surface area contributed by atoms with Crippen LogP contribution >= 0.6 is 0 Å². The van der Waals surface area contributed by atoms with Crippen LogP contribution in [0.4, 0.5) is 5.82 Å². The summed E-state index contributed by atoms with van der Waals surface area (Å²) in [5.74, 6) is 3.84. The third kappa shape index (κ3) is 2.13. The van der Waals surface area contributed by atoms with Gasteiger partial charge in [-0.15, -0.1) is 6.42 Å². The molecule has 0 radical (unpaired) electrons. The SMILES string of the molecule is C#CC(C)Nc1ncnc(OC)c1C. The molecule has 0 fully saturated rings. The molecule has 74 valence electrons. The quantitative estimate of drug-likeness (QED) is 0.730. The summed E-state index contributed by atoms with van der Waals surface area (Å²) in [6.45, 7) is 3.76. The molecule has 1 aromatic heterocycles. The highest BCUT2D eigenvalue weighted by Gasteiger charge is 2.07. The van der Waals surface area contributed by atoms with Crippen LogP contribution in [0.2, 0.25) is 0 Å². The largest absolute Gasteiger partial charge is 0.481 e. The zero-order chi connectivity index (χ0) is 10.6. The van der Waals surface area contributed by atoms with Crippen molar-refractivity contribution in [2.45, 2.75) is 19.9 Å². The minimum Gasteiger partial charge on any atom is -0.481 e. The predicted molar refractivity (Wildman–Crippen MR) is 55.2 cm³/mol. The Labute approximate surface area is 83.7 Å². The van der Waals surface area contributed by atoms with E-state index in [0.29, 0.717) is 11.7 Å². The molecule has 1 heterocycles. The van der Waals surface area contributed by atoms with Crippen molar-refractivity contribution in [3.63, 3.8) is 0 Å². The fraction of sp³-hybridized carbons (Fsp3) is 0.400. The molecular formula is C10H13N3O. The Bertz CT molecular complexity index is 357. The van der Waals surface area contributed by atoms with Gasteiger partial charge in [-0.2, -0.15) is 0 Å². The van der Waals surface area contributed by atoms with Crippen molar-refractivity contribution in [3.8, 4) is 18.2 Å². The summed E-state index contributed by atoms with van der Waals surface area (Å²) in [6.07, 6.45) is 6.70. The van der Waals surface area contributed by atoms with Gasteiger partial charge in [-0.25, -0.2) is 9.97 Å². The van der Waals surface area contributed by atoms with Crippen LogP contribution in [-0.4, -0.2) is 23.1 Å². The summed E-state index contributed by atoms with van der Waals surface area (Å²) in [6, 6.07) is -0.0618. The lowest BCUT2D eigenvalue weighted by Crippen LogP contribution is -2.14. The van der Waals surface area contributed by atoms with E-state index < -0.39 is 0 Å². The standard InChI is InChI=1S/C10H13N3O/c1-5-7(2)13-9-8(3)10(14-4)12-6-11-9/h1,6-7H,2-4H3,(H,11,12,13). The average Bonchev–Trinajstić information content (AvgIpc) is 2.21. The first-order valence-electron chi connectivity index (χ1n) is 4.27. The first kappa shape index (κ1) is 10.3. The summed E-state index contributed by atoms with van der Waals surface area (Å²) in [5, 5.41) is 3.07. The van der Waals surface area contributed by atoms with E-state index in [4.69, 9.17) is 11.2 Å². The topological polar surface area (TPSA) is 47.0 Å². The molecular weight excluding hydrogens is 178 g/mol. The molecule has 4 heteroatoms. The number of rotatable bonds is 3. The van der Waals surface area contributed by atoms with Gasteiger partial charge in [0.1, 0.15) is 12.1 Å². The van der Waals surface area contributed by atoms with E-state index in [1.807, 2.05) is 13.8 Å². The number of nitrogens with zero attached hydrogens (tertiary/aromatic N) is 2. The minimum absolute atomic E-state index is 0.0618. The molecule has 0 aliphatic rings. The predicted octanol–water partition coefficient (Wildman–Crippen LogP) is 1.23. The number of terminal acetylenes is 1. The van der Waals surface area contributed by atoms with Crippen molar-refractivity contribution >= 4 is 5.82 Å². The fourth-order valence-electron chi connectivity index (χ4n) is 1.03. The van der Waals surface area contributed by atoms with Gasteiger partial charge in [-0.05, 0) is 13.8 Å². The van der Waals surface area contributed by atoms with Crippen molar-refractivity contribution in [1.29, 1.82) is 0 Å². The first-order valence-corrected chi connectivity index (χ1v) is 4.27. The number of nitrogens with one attached hydrogen (secondary N) is 1. The molecule has 0 saturated heterocycles. The van der Waals surface area contributed by atoms with E-state index in [1.54, 1.807) is 7.11 Å². The molecule has 0 saturated carbocycles. The Hall–Kier alpha value is -1.76. The third-order valence-electron chi connectivity index (χ3n) is 1.83. The van der Waals surface area contributed by atoms with Crippen LogP contribution in [0.15, 0.2) is 6.33 Å². The van der Waals surface area contributed by atoms with Gasteiger partial charge in [0.25, 0.3) is 0 Å². The average molecular weight is 191 g/mol. The summed E-state index contributed by atoms with van der Waals surface area (Å²) < 4.78 is 5.06. The van der Waals surface area contributed by atoms with E-state index in [1.165, 1.54) is 6.33 Å². The zero-order valence-corrected chi connectivity index (χ0v) is 8.53. The molecule has 1 N–H and O–H groups in total. The van der Waals surface area contributed by atoms with Crippen LogP contribution in [0, 0.1) is 19.3 Å². The molecule has 0 aromatic carbocycles. The summed E-state index contributed by atoms with van der Waals surface area (Å²) >= 11 is 0. The van der Waals surface area contributed by atoms with Gasteiger partial charge in [0, 0.05) is 0 Å². The lowest BCUT2D eigenvalue weighted by Gasteiger charge is -2.11.